The van der Waals surface area contributed by atoms with Crippen LogP contribution < -0.4 is 10.1 Å². The SMILES string of the molecule is CC1COc2cc(C(=O)O)ccc2CN1. The van der Waals surface area contributed by atoms with E-state index in [0.29, 0.717) is 12.4 Å². The van der Waals surface area contributed by atoms with Crippen molar-refractivity contribution in [3.8, 4) is 5.75 Å². The number of carbonyl (C=O) groups is 1. The van der Waals surface area contributed by atoms with Gasteiger partial charge in [-0.1, -0.05) is 6.07 Å². The normalized spacial score (nSPS) is 19.9. The van der Waals surface area contributed by atoms with Crippen molar-refractivity contribution >= 4 is 5.97 Å². The van der Waals surface area contributed by atoms with Gasteiger partial charge in [0, 0.05) is 18.2 Å². The molecule has 1 heterocycles. The second-order valence-corrected chi connectivity index (χ2v) is 3.72. The summed E-state index contributed by atoms with van der Waals surface area (Å²) < 4.78 is 5.53. The van der Waals surface area contributed by atoms with Gasteiger partial charge in [-0.15, -0.1) is 0 Å². The van der Waals surface area contributed by atoms with Crippen molar-refractivity contribution in [2.75, 3.05) is 6.61 Å². The maximum atomic E-state index is 10.8. The summed E-state index contributed by atoms with van der Waals surface area (Å²) in [5.41, 5.74) is 1.27. The fourth-order valence-electron chi connectivity index (χ4n) is 1.53. The minimum absolute atomic E-state index is 0.267. The molecule has 0 amide bonds. The maximum absolute atomic E-state index is 10.8. The zero-order chi connectivity index (χ0) is 10.8. The van der Waals surface area contributed by atoms with E-state index >= 15 is 0 Å². The molecule has 1 aliphatic heterocycles. The van der Waals surface area contributed by atoms with Gasteiger partial charge in [-0.2, -0.15) is 0 Å². The van der Waals surface area contributed by atoms with Crippen LogP contribution in [0.25, 0.3) is 0 Å². The largest absolute Gasteiger partial charge is 0.492 e. The summed E-state index contributed by atoms with van der Waals surface area (Å²) in [6, 6.07) is 5.26. The van der Waals surface area contributed by atoms with Crippen molar-refractivity contribution in [2.45, 2.75) is 19.5 Å². The van der Waals surface area contributed by atoms with E-state index in [9.17, 15) is 4.79 Å². The minimum atomic E-state index is -0.924. The summed E-state index contributed by atoms with van der Waals surface area (Å²) >= 11 is 0. The number of aromatic carboxylic acids is 1. The number of carboxylic acid groups (broad SMARTS) is 1. The molecule has 1 unspecified atom stereocenters. The first-order valence-corrected chi connectivity index (χ1v) is 4.89. The maximum Gasteiger partial charge on any atom is 0.335 e. The monoisotopic (exact) mass is 207 g/mol. The number of carboxylic acids is 1. The predicted molar refractivity (Wildman–Crippen MR) is 55.2 cm³/mol. The summed E-state index contributed by atoms with van der Waals surface area (Å²) in [5.74, 6) is -0.251. The molecule has 4 heteroatoms. The molecule has 1 aromatic carbocycles. The van der Waals surface area contributed by atoms with E-state index in [0.717, 1.165) is 12.1 Å². The summed E-state index contributed by atoms with van der Waals surface area (Å²) in [4.78, 5) is 10.8. The lowest BCUT2D eigenvalue weighted by molar-refractivity contribution is 0.0696. The van der Waals surface area contributed by atoms with E-state index in [1.165, 1.54) is 0 Å². The zero-order valence-electron chi connectivity index (χ0n) is 8.49. The Balaban J connectivity index is 2.32. The zero-order valence-corrected chi connectivity index (χ0v) is 8.49. The lowest BCUT2D eigenvalue weighted by Crippen LogP contribution is -2.28. The van der Waals surface area contributed by atoms with Crippen LogP contribution in [-0.4, -0.2) is 23.7 Å². The van der Waals surface area contributed by atoms with Gasteiger partial charge in [-0.25, -0.2) is 4.79 Å². The van der Waals surface area contributed by atoms with Crippen LogP contribution in [-0.2, 0) is 6.54 Å². The Morgan fingerprint density at radius 1 is 1.60 bits per heavy atom. The second kappa shape index (κ2) is 3.90. The lowest BCUT2D eigenvalue weighted by Gasteiger charge is -2.08. The summed E-state index contributed by atoms with van der Waals surface area (Å²) in [7, 11) is 0. The molecule has 0 bridgehead atoms. The van der Waals surface area contributed by atoms with E-state index in [4.69, 9.17) is 9.84 Å². The third-order valence-electron chi connectivity index (χ3n) is 2.44. The van der Waals surface area contributed by atoms with Gasteiger partial charge in [0.2, 0.25) is 0 Å². The van der Waals surface area contributed by atoms with Gasteiger partial charge < -0.3 is 15.2 Å². The van der Waals surface area contributed by atoms with Crippen molar-refractivity contribution in [3.05, 3.63) is 29.3 Å². The van der Waals surface area contributed by atoms with E-state index in [1.54, 1.807) is 18.2 Å². The quantitative estimate of drug-likeness (QED) is 0.727. The molecule has 0 aromatic heterocycles. The van der Waals surface area contributed by atoms with Gasteiger partial charge in [0.05, 0.1) is 5.56 Å². The highest BCUT2D eigenvalue weighted by Gasteiger charge is 2.14. The average Bonchev–Trinajstić information content (AvgIpc) is 2.40. The molecule has 2 rings (SSSR count). The van der Waals surface area contributed by atoms with E-state index in [2.05, 4.69) is 5.32 Å². The number of ether oxygens (including phenoxy) is 1. The molecule has 0 radical (unpaired) electrons. The molecule has 0 aliphatic carbocycles. The standard InChI is InChI=1S/C11H13NO3/c1-7-6-15-10-4-8(11(13)14)2-3-9(10)5-12-7/h2-4,7,12H,5-6H2,1H3,(H,13,14). The van der Waals surface area contributed by atoms with Gasteiger partial charge in [-0.3, -0.25) is 0 Å². The number of benzene rings is 1. The fraction of sp³-hybridized carbons (Fsp3) is 0.364. The summed E-state index contributed by atoms with van der Waals surface area (Å²) in [6.07, 6.45) is 0. The molecule has 80 valence electrons. The molecule has 1 atom stereocenters. The Bertz CT molecular complexity index is 389. The van der Waals surface area contributed by atoms with Crippen LogP contribution in [0.2, 0.25) is 0 Å². The molecule has 0 spiro atoms. The Labute approximate surface area is 87.9 Å². The average molecular weight is 207 g/mol. The first kappa shape index (κ1) is 9.98. The lowest BCUT2D eigenvalue weighted by atomic mass is 10.1. The van der Waals surface area contributed by atoms with Crippen molar-refractivity contribution in [1.82, 2.24) is 5.32 Å². The van der Waals surface area contributed by atoms with Crippen molar-refractivity contribution in [3.63, 3.8) is 0 Å². The minimum Gasteiger partial charge on any atom is -0.492 e. The van der Waals surface area contributed by atoms with Crippen LogP contribution in [0.15, 0.2) is 18.2 Å². The molecular weight excluding hydrogens is 194 g/mol. The summed E-state index contributed by atoms with van der Waals surface area (Å²) in [6.45, 7) is 3.32. The molecule has 1 aromatic rings. The number of nitrogens with one attached hydrogen (secondary N) is 1. The Morgan fingerprint density at radius 2 is 2.40 bits per heavy atom. The smallest absolute Gasteiger partial charge is 0.335 e. The van der Waals surface area contributed by atoms with Crippen LogP contribution >= 0.6 is 0 Å². The highest BCUT2D eigenvalue weighted by atomic mass is 16.5. The van der Waals surface area contributed by atoms with Crippen LogP contribution in [0.1, 0.15) is 22.8 Å². The van der Waals surface area contributed by atoms with E-state index in [-0.39, 0.29) is 11.6 Å². The van der Waals surface area contributed by atoms with Crippen LogP contribution in [0.3, 0.4) is 0 Å². The summed E-state index contributed by atoms with van der Waals surface area (Å²) in [5, 5.41) is 12.1. The molecule has 2 N–H and O–H groups in total. The van der Waals surface area contributed by atoms with Crippen molar-refractivity contribution in [1.29, 1.82) is 0 Å². The van der Waals surface area contributed by atoms with Gasteiger partial charge in [0.15, 0.2) is 0 Å². The third kappa shape index (κ3) is 2.10. The van der Waals surface area contributed by atoms with Gasteiger partial charge >= 0.3 is 5.97 Å². The number of hydrogen-bond acceptors (Lipinski definition) is 3. The molecule has 15 heavy (non-hydrogen) atoms. The number of hydrogen-bond donors (Lipinski definition) is 2. The van der Waals surface area contributed by atoms with Gasteiger partial charge in [-0.05, 0) is 19.1 Å². The van der Waals surface area contributed by atoms with Gasteiger partial charge in [0.1, 0.15) is 12.4 Å². The van der Waals surface area contributed by atoms with Crippen molar-refractivity contribution in [2.24, 2.45) is 0 Å². The Hall–Kier alpha value is -1.55. The van der Waals surface area contributed by atoms with Crippen LogP contribution in [0.4, 0.5) is 0 Å². The van der Waals surface area contributed by atoms with Crippen molar-refractivity contribution < 1.29 is 14.6 Å². The fourth-order valence-corrected chi connectivity index (χ4v) is 1.53. The Kier molecular flexibility index (Phi) is 2.60. The highest BCUT2D eigenvalue weighted by Crippen LogP contribution is 2.22. The molecule has 4 nitrogen and oxygen atoms in total. The van der Waals surface area contributed by atoms with E-state index < -0.39 is 5.97 Å². The molecular formula is C11H13NO3. The van der Waals surface area contributed by atoms with E-state index in [1.807, 2.05) is 6.92 Å². The first-order chi connectivity index (χ1) is 7.16. The van der Waals surface area contributed by atoms with Gasteiger partial charge in [0.25, 0.3) is 0 Å². The predicted octanol–water partition coefficient (Wildman–Crippen LogP) is 1.26. The Morgan fingerprint density at radius 3 is 3.13 bits per heavy atom. The number of fused-ring (bicyclic) bond motifs is 1. The molecule has 0 fully saturated rings. The second-order valence-electron chi connectivity index (χ2n) is 3.72. The first-order valence-electron chi connectivity index (χ1n) is 4.89. The van der Waals surface area contributed by atoms with Crippen LogP contribution in [0, 0.1) is 0 Å². The third-order valence-corrected chi connectivity index (χ3v) is 2.44. The highest BCUT2D eigenvalue weighted by molar-refractivity contribution is 5.88. The molecule has 1 aliphatic rings. The topological polar surface area (TPSA) is 58.6 Å². The number of rotatable bonds is 1. The molecule has 0 saturated heterocycles. The van der Waals surface area contributed by atoms with Crippen LogP contribution in [0.5, 0.6) is 5.75 Å². The molecule has 0 saturated carbocycles.